The largest absolute Gasteiger partial charge is 0.293 e. The fraction of sp³-hybridized carbons (Fsp3) is 0.500. The van der Waals surface area contributed by atoms with Crippen molar-refractivity contribution >= 4 is 17.5 Å². The van der Waals surface area contributed by atoms with E-state index in [4.69, 9.17) is 0 Å². The zero-order valence-electron chi connectivity index (χ0n) is 10.1. The molecule has 2 rings (SSSR count). The normalized spacial score (nSPS) is 16.8. The molecule has 0 aromatic heterocycles. The van der Waals surface area contributed by atoms with Crippen molar-refractivity contribution in [2.75, 3.05) is 5.75 Å². The minimum absolute atomic E-state index is 0.169. The highest BCUT2D eigenvalue weighted by molar-refractivity contribution is 8.00. The monoisotopic (exact) mass is 270 g/mol. The number of halogens is 2. The van der Waals surface area contributed by atoms with Gasteiger partial charge in [-0.15, -0.1) is 0 Å². The lowest BCUT2D eigenvalue weighted by Gasteiger charge is -2.20. The second-order valence-corrected chi connectivity index (χ2v) is 5.88. The fourth-order valence-electron chi connectivity index (χ4n) is 2.26. The van der Waals surface area contributed by atoms with Crippen LogP contribution in [0.2, 0.25) is 0 Å². The predicted molar refractivity (Wildman–Crippen MR) is 70.0 cm³/mol. The van der Waals surface area contributed by atoms with E-state index in [9.17, 15) is 13.6 Å². The summed E-state index contributed by atoms with van der Waals surface area (Å²) < 4.78 is 26.8. The Labute approximate surface area is 110 Å². The van der Waals surface area contributed by atoms with E-state index in [2.05, 4.69) is 0 Å². The molecule has 4 heteroatoms. The molecule has 1 fully saturated rings. The van der Waals surface area contributed by atoms with Crippen molar-refractivity contribution in [2.45, 2.75) is 37.4 Å². The third-order valence-electron chi connectivity index (χ3n) is 3.24. The average Bonchev–Trinajstić information content (AvgIpc) is 2.37. The molecule has 1 aliphatic carbocycles. The zero-order chi connectivity index (χ0) is 13.0. The summed E-state index contributed by atoms with van der Waals surface area (Å²) in [5.41, 5.74) is -0.388. The highest BCUT2D eigenvalue weighted by atomic mass is 32.2. The molecule has 0 spiro atoms. The van der Waals surface area contributed by atoms with Gasteiger partial charge in [0, 0.05) is 5.25 Å². The third-order valence-corrected chi connectivity index (χ3v) is 4.62. The van der Waals surface area contributed by atoms with Crippen LogP contribution in [0, 0.1) is 11.6 Å². The van der Waals surface area contributed by atoms with Gasteiger partial charge in [-0.3, -0.25) is 4.79 Å². The maximum Gasteiger partial charge on any atom is 0.178 e. The molecular formula is C14H16F2OS. The lowest BCUT2D eigenvalue weighted by atomic mass is 10.0. The molecular weight excluding hydrogens is 254 g/mol. The van der Waals surface area contributed by atoms with Crippen molar-refractivity contribution in [1.82, 2.24) is 0 Å². The van der Waals surface area contributed by atoms with Gasteiger partial charge in [0.05, 0.1) is 11.3 Å². The van der Waals surface area contributed by atoms with Gasteiger partial charge in [0.25, 0.3) is 0 Å². The van der Waals surface area contributed by atoms with E-state index in [1.165, 1.54) is 37.1 Å². The number of Topliss-reactive ketones (excluding diaryl/α,β-unsaturated/α-hetero) is 1. The van der Waals surface area contributed by atoms with Gasteiger partial charge in [0.2, 0.25) is 0 Å². The number of carbonyl (C=O) groups is 1. The van der Waals surface area contributed by atoms with Crippen molar-refractivity contribution in [1.29, 1.82) is 0 Å². The molecule has 1 aromatic rings. The van der Waals surface area contributed by atoms with Gasteiger partial charge in [0.15, 0.2) is 5.78 Å². The summed E-state index contributed by atoms with van der Waals surface area (Å²) in [4.78, 5) is 11.8. The van der Waals surface area contributed by atoms with Gasteiger partial charge < -0.3 is 0 Å². The Kier molecular flexibility index (Phi) is 4.75. The molecule has 0 N–H and O–H groups in total. The van der Waals surface area contributed by atoms with E-state index < -0.39 is 17.4 Å². The average molecular weight is 270 g/mol. The number of ketones is 1. The van der Waals surface area contributed by atoms with Crippen LogP contribution in [0.4, 0.5) is 8.78 Å². The number of benzene rings is 1. The maximum absolute atomic E-state index is 13.4. The minimum atomic E-state index is -0.760. The molecule has 0 saturated heterocycles. The van der Waals surface area contributed by atoms with E-state index in [1.807, 2.05) is 0 Å². The van der Waals surface area contributed by atoms with E-state index in [1.54, 1.807) is 0 Å². The van der Waals surface area contributed by atoms with Crippen LogP contribution in [0.25, 0.3) is 0 Å². The van der Waals surface area contributed by atoms with Gasteiger partial charge >= 0.3 is 0 Å². The first-order valence-corrected chi connectivity index (χ1v) is 7.32. The van der Waals surface area contributed by atoms with Crippen LogP contribution in [0.15, 0.2) is 18.2 Å². The first kappa shape index (κ1) is 13.5. The molecule has 0 heterocycles. The summed E-state index contributed by atoms with van der Waals surface area (Å²) in [6.07, 6.45) is 5.86. The van der Waals surface area contributed by atoms with Gasteiger partial charge in [-0.05, 0) is 25.0 Å². The first-order chi connectivity index (χ1) is 8.68. The van der Waals surface area contributed by atoms with Crippen LogP contribution >= 0.6 is 11.8 Å². The number of hydrogen-bond donors (Lipinski definition) is 0. The number of rotatable bonds is 4. The van der Waals surface area contributed by atoms with Crippen molar-refractivity contribution in [3.8, 4) is 0 Å². The van der Waals surface area contributed by atoms with Gasteiger partial charge in [0.1, 0.15) is 11.6 Å². The molecule has 0 aliphatic heterocycles. The fourth-order valence-corrected chi connectivity index (χ4v) is 3.46. The molecule has 1 aromatic carbocycles. The molecule has 18 heavy (non-hydrogen) atoms. The van der Waals surface area contributed by atoms with E-state index >= 15 is 0 Å². The summed E-state index contributed by atoms with van der Waals surface area (Å²) in [7, 11) is 0. The molecule has 1 aliphatic rings. The molecule has 0 radical (unpaired) electrons. The Morgan fingerprint density at radius 2 is 1.78 bits per heavy atom. The van der Waals surface area contributed by atoms with Crippen molar-refractivity contribution < 1.29 is 13.6 Å². The Bertz CT molecular complexity index is 408. The smallest absolute Gasteiger partial charge is 0.178 e. The van der Waals surface area contributed by atoms with Crippen LogP contribution in [0.1, 0.15) is 42.5 Å². The summed E-state index contributed by atoms with van der Waals surface area (Å²) in [5, 5.41) is 0.470. The summed E-state index contributed by atoms with van der Waals surface area (Å²) >= 11 is 1.53. The van der Waals surface area contributed by atoms with Crippen molar-refractivity contribution in [3.05, 3.63) is 35.4 Å². The SMILES string of the molecule is O=C(CSC1CCCCC1)c1c(F)cccc1F. The quantitative estimate of drug-likeness (QED) is 0.762. The molecule has 0 atom stereocenters. The lowest BCUT2D eigenvalue weighted by Crippen LogP contribution is -2.14. The standard InChI is InChI=1S/C14H16F2OS/c15-11-7-4-8-12(16)14(11)13(17)9-18-10-5-2-1-3-6-10/h4,7-8,10H,1-3,5-6,9H2. The predicted octanol–water partition coefficient (Wildman–Crippen LogP) is 4.21. The van der Waals surface area contributed by atoms with Gasteiger partial charge in [-0.2, -0.15) is 11.8 Å². The lowest BCUT2D eigenvalue weighted by molar-refractivity contribution is 0.101. The highest BCUT2D eigenvalue weighted by Crippen LogP contribution is 2.29. The van der Waals surface area contributed by atoms with Crippen LogP contribution in [-0.2, 0) is 0 Å². The molecule has 0 bridgehead atoms. The number of thioether (sulfide) groups is 1. The third kappa shape index (κ3) is 3.31. The summed E-state index contributed by atoms with van der Waals surface area (Å²) in [5.74, 6) is -1.79. The Morgan fingerprint density at radius 3 is 2.39 bits per heavy atom. The van der Waals surface area contributed by atoms with Crippen LogP contribution in [0.5, 0.6) is 0 Å². The number of hydrogen-bond acceptors (Lipinski definition) is 2. The van der Waals surface area contributed by atoms with E-state index in [0.29, 0.717) is 5.25 Å². The molecule has 1 nitrogen and oxygen atoms in total. The second kappa shape index (κ2) is 6.32. The molecule has 98 valence electrons. The maximum atomic E-state index is 13.4. The first-order valence-electron chi connectivity index (χ1n) is 6.27. The van der Waals surface area contributed by atoms with E-state index in [0.717, 1.165) is 25.0 Å². The summed E-state index contributed by atoms with van der Waals surface area (Å²) in [6, 6.07) is 3.53. The Morgan fingerprint density at radius 1 is 1.17 bits per heavy atom. The van der Waals surface area contributed by atoms with Crippen molar-refractivity contribution in [2.24, 2.45) is 0 Å². The number of carbonyl (C=O) groups excluding carboxylic acids is 1. The highest BCUT2D eigenvalue weighted by Gasteiger charge is 2.20. The topological polar surface area (TPSA) is 17.1 Å². The van der Waals surface area contributed by atoms with Gasteiger partial charge in [-0.25, -0.2) is 8.78 Å². The van der Waals surface area contributed by atoms with Crippen molar-refractivity contribution in [3.63, 3.8) is 0 Å². The summed E-state index contributed by atoms with van der Waals surface area (Å²) in [6.45, 7) is 0. The Hall–Kier alpha value is -0.900. The minimum Gasteiger partial charge on any atom is -0.293 e. The van der Waals surface area contributed by atoms with E-state index in [-0.39, 0.29) is 11.3 Å². The molecule has 0 unspecified atom stereocenters. The van der Waals surface area contributed by atoms with Gasteiger partial charge in [-0.1, -0.05) is 25.3 Å². The molecule has 0 amide bonds. The Balaban J connectivity index is 1.95. The molecule has 1 saturated carbocycles. The zero-order valence-corrected chi connectivity index (χ0v) is 10.9. The second-order valence-electron chi connectivity index (χ2n) is 4.59. The van der Waals surface area contributed by atoms with Crippen LogP contribution in [0.3, 0.4) is 0 Å². The van der Waals surface area contributed by atoms with Crippen LogP contribution < -0.4 is 0 Å². The van der Waals surface area contributed by atoms with Crippen LogP contribution in [-0.4, -0.2) is 16.8 Å².